The van der Waals surface area contributed by atoms with E-state index < -0.39 is 5.97 Å². The van der Waals surface area contributed by atoms with Crippen LogP contribution in [0.25, 0.3) is 0 Å². The molecule has 0 radical (unpaired) electrons. The first kappa shape index (κ1) is 14.7. The predicted octanol–water partition coefficient (Wildman–Crippen LogP) is 2.71. The fraction of sp³-hybridized carbons (Fsp3) is 0.231. The number of nitrogens with zero attached hydrogens (tertiary/aromatic N) is 2. The Balaban J connectivity index is 2.01. The monoisotopic (exact) mass is 313 g/mol. The van der Waals surface area contributed by atoms with Crippen LogP contribution in [0.5, 0.6) is 0 Å². The van der Waals surface area contributed by atoms with E-state index in [0.717, 1.165) is 5.69 Å². The van der Waals surface area contributed by atoms with Crippen LogP contribution >= 0.6 is 23.2 Å². The van der Waals surface area contributed by atoms with E-state index in [9.17, 15) is 4.79 Å². The summed E-state index contributed by atoms with van der Waals surface area (Å²) >= 11 is 11.8. The Kier molecular flexibility index (Phi) is 4.52. The van der Waals surface area contributed by atoms with Gasteiger partial charge < -0.3 is 10.5 Å². The molecule has 0 unspecified atom stereocenters. The van der Waals surface area contributed by atoms with Crippen molar-refractivity contribution in [3.8, 4) is 0 Å². The van der Waals surface area contributed by atoms with Crippen LogP contribution in [0.1, 0.15) is 16.1 Å². The van der Waals surface area contributed by atoms with E-state index in [4.69, 9.17) is 33.7 Å². The van der Waals surface area contributed by atoms with Gasteiger partial charge in [-0.1, -0.05) is 23.2 Å². The summed E-state index contributed by atoms with van der Waals surface area (Å²) in [6.07, 6.45) is 2.25. The number of hydrogen-bond donors (Lipinski definition) is 1. The number of aromatic nitrogens is 2. The Morgan fingerprint density at radius 1 is 1.45 bits per heavy atom. The van der Waals surface area contributed by atoms with Crippen LogP contribution < -0.4 is 5.73 Å². The van der Waals surface area contributed by atoms with Gasteiger partial charge in [-0.05, 0) is 18.2 Å². The van der Waals surface area contributed by atoms with Gasteiger partial charge in [0.15, 0.2) is 0 Å². The molecule has 1 heterocycles. The van der Waals surface area contributed by atoms with Crippen LogP contribution in [-0.2, 0) is 18.2 Å². The van der Waals surface area contributed by atoms with Gasteiger partial charge in [0.2, 0.25) is 0 Å². The van der Waals surface area contributed by atoms with Gasteiger partial charge in [-0.15, -0.1) is 0 Å². The average molecular weight is 314 g/mol. The van der Waals surface area contributed by atoms with Crippen molar-refractivity contribution >= 4 is 34.9 Å². The van der Waals surface area contributed by atoms with E-state index in [2.05, 4.69) is 5.10 Å². The maximum Gasteiger partial charge on any atom is 0.339 e. The molecule has 0 aliphatic carbocycles. The quantitative estimate of drug-likeness (QED) is 0.696. The summed E-state index contributed by atoms with van der Waals surface area (Å²) in [5.41, 5.74) is 7.12. The Labute approximate surface area is 126 Å². The van der Waals surface area contributed by atoms with Crippen molar-refractivity contribution in [1.29, 1.82) is 0 Å². The van der Waals surface area contributed by atoms with E-state index in [1.54, 1.807) is 10.9 Å². The molecule has 0 fully saturated rings. The van der Waals surface area contributed by atoms with E-state index in [1.807, 2.05) is 13.1 Å². The molecule has 0 aliphatic heterocycles. The average Bonchev–Trinajstić information content (AvgIpc) is 2.79. The number of nitrogens with two attached hydrogens (primary N) is 1. The van der Waals surface area contributed by atoms with Crippen molar-refractivity contribution in [2.75, 3.05) is 12.3 Å². The zero-order valence-corrected chi connectivity index (χ0v) is 12.3. The first-order chi connectivity index (χ1) is 9.49. The highest BCUT2D eigenvalue weighted by Gasteiger charge is 2.15. The normalized spacial score (nSPS) is 10.6. The number of carbonyl (C=O) groups is 1. The zero-order valence-electron chi connectivity index (χ0n) is 10.8. The number of esters is 1. The summed E-state index contributed by atoms with van der Waals surface area (Å²) in [6.45, 7) is 0.223. The highest BCUT2D eigenvalue weighted by molar-refractivity contribution is 6.44. The molecule has 1 aromatic carbocycles. The number of anilines is 1. The molecule has 106 valence electrons. The van der Waals surface area contributed by atoms with E-state index >= 15 is 0 Å². The van der Waals surface area contributed by atoms with Gasteiger partial charge in [0, 0.05) is 31.0 Å². The second-order valence-electron chi connectivity index (χ2n) is 4.20. The number of ether oxygens (including phenoxy) is 1. The molecule has 0 atom stereocenters. The third-order valence-electron chi connectivity index (χ3n) is 2.78. The summed E-state index contributed by atoms with van der Waals surface area (Å²) in [5, 5.41) is 4.40. The molecule has 0 amide bonds. The lowest BCUT2D eigenvalue weighted by atomic mass is 10.2. The molecule has 2 rings (SSSR count). The topological polar surface area (TPSA) is 70.1 Å². The Bertz CT molecular complexity index is 641. The van der Waals surface area contributed by atoms with Crippen molar-refractivity contribution < 1.29 is 9.53 Å². The third-order valence-corrected chi connectivity index (χ3v) is 3.59. The van der Waals surface area contributed by atoms with Crippen molar-refractivity contribution in [3.63, 3.8) is 0 Å². The lowest BCUT2D eigenvalue weighted by Crippen LogP contribution is -2.11. The fourth-order valence-electron chi connectivity index (χ4n) is 1.73. The van der Waals surface area contributed by atoms with Gasteiger partial charge in [-0.3, -0.25) is 4.68 Å². The van der Waals surface area contributed by atoms with Gasteiger partial charge in [-0.25, -0.2) is 4.79 Å². The first-order valence-corrected chi connectivity index (χ1v) is 6.63. The van der Waals surface area contributed by atoms with Crippen LogP contribution in [0.2, 0.25) is 10.0 Å². The number of aryl methyl sites for hydroxylation is 1. The smallest absolute Gasteiger partial charge is 0.339 e. The summed E-state index contributed by atoms with van der Waals surface area (Å²) in [4.78, 5) is 11.9. The molecule has 0 aliphatic rings. The molecule has 5 nitrogen and oxygen atoms in total. The molecule has 0 saturated carbocycles. The Morgan fingerprint density at radius 2 is 2.20 bits per heavy atom. The molecule has 20 heavy (non-hydrogen) atoms. The van der Waals surface area contributed by atoms with Gasteiger partial charge in [-0.2, -0.15) is 5.10 Å². The number of rotatable bonds is 4. The highest BCUT2D eigenvalue weighted by Crippen LogP contribution is 2.29. The Morgan fingerprint density at radius 3 is 2.85 bits per heavy atom. The number of halogens is 2. The minimum absolute atomic E-state index is 0.145. The van der Waals surface area contributed by atoms with Gasteiger partial charge in [0.05, 0.1) is 22.2 Å². The zero-order chi connectivity index (χ0) is 14.7. The maximum absolute atomic E-state index is 11.9. The number of hydrogen-bond acceptors (Lipinski definition) is 4. The number of nitrogen functional groups attached to an aromatic ring is 1. The summed E-state index contributed by atoms with van der Waals surface area (Å²) in [7, 11) is 1.83. The molecule has 2 N–H and O–H groups in total. The second-order valence-corrected chi connectivity index (χ2v) is 4.98. The van der Waals surface area contributed by atoms with Crippen molar-refractivity contribution in [3.05, 3.63) is 45.7 Å². The third kappa shape index (κ3) is 3.23. The van der Waals surface area contributed by atoms with Gasteiger partial charge in [0.1, 0.15) is 0 Å². The number of carbonyl (C=O) groups excluding carboxylic acids is 1. The molecule has 0 bridgehead atoms. The fourth-order valence-corrected chi connectivity index (χ4v) is 2.15. The van der Waals surface area contributed by atoms with Crippen molar-refractivity contribution in [1.82, 2.24) is 9.78 Å². The molecule has 0 spiro atoms. The predicted molar refractivity (Wildman–Crippen MR) is 78.1 cm³/mol. The minimum Gasteiger partial charge on any atom is -0.462 e. The van der Waals surface area contributed by atoms with Crippen LogP contribution in [0.15, 0.2) is 24.4 Å². The lowest BCUT2D eigenvalue weighted by molar-refractivity contribution is 0.0508. The summed E-state index contributed by atoms with van der Waals surface area (Å²) in [5.74, 6) is -0.550. The number of benzene rings is 1. The van der Waals surface area contributed by atoms with Crippen LogP contribution in [0, 0.1) is 0 Å². The largest absolute Gasteiger partial charge is 0.462 e. The van der Waals surface area contributed by atoms with Crippen LogP contribution in [-0.4, -0.2) is 22.4 Å². The highest BCUT2D eigenvalue weighted by atomic mass is 35.5. The first-order valence-electron chi connectivity index (χ1n) is 5.87. The van der Waals surface area contributed by atoms with Crippen molar-refractivity contribution in [2.45, 2.75) is 6.42 Å². The molecule has 0 saturated heterocycles. The van der Waals surface area contributed by atoms with Gasteiger partial charge >= 0.3 is 5.97 Å². The van der Waals surface area contributed by atoms with E-state index in [1.165, 1.54) is 12.1 Å². The molecule has 7 heteroatoms. The summed E-state index contributed by atoms with van der Waals surface area (Å²) in [6, 6.07) is 4.79. The van der Waals surface area contributed by atoms with Gasteiger partial charge in [0.25, 0.3) is 0 Å². The molecular formula is C13H13Cl2N3O2. The van der Waals surface area contributed by atoms with Crippen LogP contribution in [0.4, 0.5) is 5.69 Å². The standard InChI is InChI=1S/C13H13Cl2N3O2/c1-18-9(2-4-17-18)3-5-20-13(19)10-6-8(16)7-11(14)12(10)15/h2,4,6-7H,3,5,16H2,1H3. The maximum atomic E-state index is 11.9. The summed E-state index contributed by atoms with van der Waals surface area (Å²) < 4.78 is 6.89. The van der Waals surface area contributed by atoms with E-state index in [-0.39, 0.29) is 22.2 Å². The molecule has 1 aromatic heterocycles. The van der Waals surface area contributed by atoms with Crippen LogP contribution in [0.3, 0.4) is 0 Å². The lowest BCUT2D eigenvalue weighted by Gasteiger charge is -2.08. The Hall–Kier alpha value is -1.72. The second kappa shape index (κ2) is 6.15. The minimum atomic E-state index is -0.550. The SMILES string of the molecule is Cn1nccc1CCOC(=O)c1cc(N)cc(Cl)c1Cl. The van der Waals surface area contributed by atoms with Crippen molar-refractivity contribution in [2.24, 2.45) is 7.05 Å². The molecule has 2 aromatic rings. The molecular weight excluding hydrogens is 301 g/mol. The van der Waals surface area contributed by atoms with E-state index in [0.29, 0.717) is 12.1 Å².